The molecule has 106 valence electrons. The summed E-state index contributed by atoms with van der Waals surface area (Å²) in [5, 5.41) is 4.22. The first-order valence-electron chi connectivity index (χ1n) is 7.19. The van der Waals surface area contributed by atoms with Gasteiger partial charge in [0, 0.05) is 37.1 Å². The monoisotopic (exact) mass is 271 g/mol. The molecule has 2 aromatic rings. The maximum absolute atomic E-state index is 5.83. The highest BCUT2D eigenvalue weighted by Crippen LogP contribution is 2.23. The van der Waals surface area contributed by atoms with Gasteiger partial charge in [0.25, 0.3) is 0 Å². The largest absolute Gasteiger partial charge is 0.489 e. The summed E-state index contributed by atoms with van der Waals surface area (Å²) in [5.41, 5.74) is 3.59. The SMILES string of the molecule is Cc1c(COc2ccc(N3CCCC3)cc2)cnn1C. The van der Waals surface area contributed by atoms with Crippen LogP contribution in [0.1, 0.15) is 24.1 Å². The molecule has 20 heavy (non-hydrogen) atoms. The normalized spacial score (nSPS) is 14.8. The van der Waals surface area contributed by atoms with E-state index in [9.17, 15) is 0 Å². The molecule has 1 aliphatic rings. The van der Waals surface area contributed by atoms with Gasteiger partial charge in [-0.15, -0.1) is 0 Å². The summed E-state index contributed by atoms with van der Waals surface area (Å²) < 4.78 is 7.70. The molecule has 1 saturated heterocycles. The van der Waals surface area contributed by atoms with E-state index in [1.807, 2.05) is 17.9 Å². The quantitative estimate of drug-likeness (QED) is 0.856. The highest BCUT2D eigenvalue weighted by atomic mass is 16.5. The van der Waals surface area contributed by atoms with Crippen LogP contribution in [0.2, 0.25) is 0 Å². The number of benzene rings is 1. The minimum Gasteiger partial charge on any atom is -0.489 e. The minimum atomic E-state index is 0.572. The Balaban J connectivity index is 1.62. The van der Waals surface area contributed by atoms with E-state index in [0.29, 0.717) is 6.61 Å². The summed E-state index contributed by atoms with van der Waals surface area (Å²) in [5.74, 6) is 0.913. The van der Waals surface area contributed by atoms with Crippen LogP contribution in [0.15, 0.2) is 30.5 Å². The fourth-order valence-electron chi connectivity index (χ4n) is 2.58. The first-order valence-corrected chi connectivity index (χ1v) is 7.19. The predicted octanol–water partition coefficient (Wildman–Crippen LogP) is 2.91. The van der Waals surface area contributed by atoms with Crippen LogP contribution in [0.5, 0.6) is 5.75 Å². The van der Waals surface area contributed by atoms with Crippen LogP contribution in [0.25, 0.3) is 0 Å². The molecule has 4 heteroatoms. The molecular weight excluding hydrogens is 250 g/mol. The van der Waals surface area contributed by atoms with E-state index in [2.05, 4.69) is 41.2 Å². The van der Waals surface area contributed by atoms with Crippen molar-refractivity contribution in [1.29, 1.82) is 0 Å². The first kappa shape index (κ1) is 13.0. The van der Waals surface area contributed by atoms with Gasteiger partial charge >= 0.3 is 0 Å². The van der Waals surface area contributed by atoms with Crippen LogP contribution in [0.3, 0.4) is 0 Å². The van der Waals surface area contributed by atoms with Crippen LogP contribution < -0.4 is 9.64 Å². The van der Waals surface area contributed by atoms with Crippen molar-refractivity contribution in [3.05, 3.63) is 41.7 Å². The molecule has 0 saturated carbocycles. The second kappa shape index (κ2) is 5.57. The molecule has 1 aliphatic heterocycles. The van der Waals surface area contributed by atoms with Crippen LogP contribution in [0.4, 0.5) is 5.69 Å². The Morgan fingerprint density at radius 1 is 1.15 bits per heavy atom. The molecule has 3 rings (SSSR count). The number of nitrogens with zero attached hydrogens (tertiary/aromatic N) is 3. The molecule has 4 nitrogen and oxygen atoms in total. The number of aromatic nitrogens is 2. The van der Waals surface area contributed by atoms with Gasteiger partial charge in [0.15, 0.2) is 0 Å². The van der Waals surface area contributed by atoms with E-state index in [-0.39, 0.29) is 0 Å². The zero-order chi connectivity index (χ0) is 13.9. The Kier molecular flexibility index (Phi) is 3.63. The average Bonchev–Trinajstić information content (AvgIpc) is 3.10. The summed E-state index contributed by atoms with van der Waals surface area (Å²) >= 11 is 0. The fraction of sp³-hybridized carbons (Fsp3) is 0.438. The Hall–Kier alpha value is -1.97. The van der Waals surface area contributed by atoms with Crippen LogP contribution in [-0.4, -0.2) is 22.9 Å². The second-order valence-electron chi connectivity index (χ2n) is 5.36. The van der Waals surface area contributed by atoms with Crippen LogP contribution >= 0.6 is 0 Å². The average molecular weight is 271 g/mol. The van der Waals surface area contributed by atoms with Crippen molar-refractivity contribution < 1.29 is 4.74 Å². The highest BCUT2D eigenvalue weighted by Gasteiger charge is 2.12. The molecule has 0 bridgehead atoms. The van der Waals surface area contributed by atoms with Gasteiger partial charge in [0.05, 0.1) is 6.20 Å². The Morgan fingerprint density at radius 2 is 1.85 bits per heavy atom. The maximum atomic E-state index is 5.83. The Bertz CT molecular complexity index is 568. The molecule has 1 aromatic heterocycles. The zero-order valence-electron chi connectivity index (χ0n) is 12.2. The van der Waals surface area contributed by atoms with Gasteiger partial charge in [0.2, 0.25) is 0 Å². The molecule has 1 fully saturated rings. The zero-order valence-corrected chi connectivity index (χ0v) is 12.2. The van der Waals surface area contributed by atoms with E-state index >= 15 is 0 Å². The Labute approximate surface area is 120 Å². The van der Waals surface area contributed by atoms with Crippen molar-refractivity contribution in [2.24, 2.45) is 7.05 Å². The lowest BCUT2D eigenvalue weighted by Crippen LogP contribution is -2.17. The molecular formula is C16H21N3O. The fourth-order valence-corrected chi connectivity index (χ4v) is 2.58. The van der Waals surface area contributed by atoms with Crippen molar-refractivity contribution in [2.45, 2.75) is 26.4 Å². The summed E-state index contributed by atoms with van der Waals surface area (Å²) in [6, 6.07) is 8.41. The van der Waals surface area contributed by atoms with Gasteiger partial charge in [-0.25, -0.2) is 0 Å². The number of rotatable bonds is 4. The van der Waals surface area contributed by atoms with Crippen molar-refractivity contribution in [3.63, 3.8) is 0 Å². The molecule has 0 spiro atoms. The number of aryl methyl sites for hydroxylation is 1. The van der Waals surface area contributed by atoms with E-state index in [4.69, 9.17) is 4.74 Å². The number of anilines is 1. The molecule has 0 amide bonds. The summed E-state index contributed by atoms with van der Waals surface area (Å²) in [4.78, 5) is 2.43. The van der Waals surface area contributed by atoms with Crippen molar-refractivity contribution in [1.82, 2.24) is 9.78 Å². The van der Waals surface area contributed by atoms with Gasteiger partial charge < -0.3 is 9.64 Å². The van der Waals surface area contributed by atoms with Gasteiger partial charge in [-0.05, 0) is 44.0 Å². The third-order valence-electron chi connectivity index (χ3n) is 4.04. The van der Waals surface area contributed by atoms with E-state index in [1.54, 1.807) is 0 Å². The number of ether oxygens (including phenoxy) is 1. The number of hydrogen-bond acceptors (Lipinski definition) is 3. The summed E-state index contributed by atoms with van der Waals surface area (Å²) in [7, 11) is 1.95. The van der Waals surface area contributed by atoms with Gasteiger partial charge in [-0.3, -0.25) is 4.68 Å². The summed E-state index contributed by atoms with van der Waals surface area (Å²) in [6.45, 7) is 4.98. The van der Waals surface area contributed by atoms with Crippen LogP contribution in [-0.2, 0) is 13.7 Å². The molecule has 0 aliphatic carbocycles. The lowest BCUT2D eigenvalue weighted by atomic mass is 10.2. The van der Waals surface area contributed by atoms with Crippen molar-refractivity contribution in [2.75, 3.05) is 18.0 Å². The molecule has 0 N–H and O–H groups in total. The van der Waals surface area contributed by atoms with Crippen molar-refractivity contribution >= 4 is 5.69 Å². The third kappa shape index (κ3) is 2.64. The van der Waals surface area contributed by atoms with Crippen molar-refractivity contribution in [3.8, 4) is 5.75 Å². The second-order valence-corrected chi connectivity index (χ2v) is 5.36. The predicted molar refractivity (Wildman–Crippen MR) is 80.2 cm³/mol. The maximum Gasteiger partial charge on any atom is 0.119 e. The number of hydrogen-bond donors (Lipinski definition) is 0. The smallest absolute Gasteiger partial charge is 0.119 e. The lowest BCUT2D eigenvalue weighted by molar-refractivity contribution is 0.305. The van der Waals surface area contributed by atoms with E-state index in [1.165, 1.54) is 31.6 Å². The molecule has 2 heterocycles. The van der Waals surface area contributed by atoms with E-state index < -0.39 is 0 Å². The molecule has 0 unspecified atom stereocenters. The van der Waals surface area contributed by atoms with Crippen LogP contribution in [0, 0.1) is 6.92 Å². The molecule has 0 atom stereocenters. The highest BCUT2D eigenvalue weighted by molar-refractivity contribution is 5.49. The third-order valence-corrected chi connectivity index (χ3v) is 4.04. The topological polar surface area (TPSA) is 30.3 Å². The Morgan fingerprint density at radius 3 is 2.45 bits per heavy atom. The lowest BCUT2D eigenvalue weighted by Gasteiger charge is -2.17. The standard InChI is InChI=1S/C16H21N3O/c1-13-14(11-17-18(13)2)12-20-16-7-5-15(6-8-16)19-9-3-4-10-19/h5-8,11H,3-4,9-10,12H2,1-2H3. The minimum absolute atomic E-state index is 0.572. The van der Waals surface area contributed by atoms with Gasteiger partial charge in [-0.2, -0.15) is 5.10 Å². The molecule has 0 radical (unpaired) electrons. The van der Waals surface area contributed by atoms with E-state index in [0.717, 1.165) is 17.0 Å². The molecule has 1 aromatic carbocycles. The first-order chi connectivity index (χ1) is 9.74. The van der Waals surface area contributed by atoms with Gasteiger partial charge in [0.1, 0.15) is 12.4 Å². The summed E-state index contributed by atoms with van der Waals surface area (Å²) in [6.07, 6.45) is 4.48. The van der Waals surface area contributed by atoms with Gasteiger partial charge in [-0.1, -0.05) is 0 Å².